The Labute approximate surface area is 66.0 Å². The van der Waals surface area contributed by atoms with Crippen molar-refractivity contribution in [1.82, 2.24) is 0 Å². The van der Waals surface area contributed by atoms with E-state index in [0.717, 1.165) is 0 Å². The summed E-state index contributed by atoms with van der Waals surface area (Å²) in [6.07, 6.45) is 0. The summed E-state index contributed by atoms with van der Waals surface area (Å²) in [5.74, 6) is 0. The van der Waals surface area contributed by atoms with E-state index in [1.54, 1.807) is 6.92 Å². The maximum absolute atomic E-state index is 3.25. The van der Waals surface area contributed by atoms with Crippen LogP contribution in [0.1, 0.15) is 6.92 Å². The molecule has 0 rings (SSSR count). The number of halogens is 2. The van der Waals surface area contributed by atoms with Crippen LogP contribution in [0.2, 0.25) is 0 Å². The van der Waals surface area contributed by atoms with Gasteiger partial charge in [-0.15, -0.1) is 17.0 Å². The van der Waals surface area contributed by atoms with Crippen LogP contribution in [-0.4, -0.2) is 23.1 Å². The summed E-state index contributed by atoms with van der Waals surface area (Å²) in [4.78, 5) is 0. The molecule has 0 radical (unpaired) electrons. The van der Waals surface area contributed by atoms with E-state index in [4.69, 9.17) is 0 Å². The molecule has 0 aromatic rings. The van der Waals surface area contributed by atoms with Crippen LogP contribution in [0.3, 0.4) is 0 Å². The first kappa shape index (κ1) is 31.1. The van der Waals surface area contributed by atoms with E-state index in [0.29, 0.717) is 0 Å². The minimum absolute atomic E-state index is 0. The quantitative estimate of drug-likeness (QED) is 0.292. The van der Waals surface area contributed by atoms with Gasteiger partial charge >= 0.3 is 23.1 Å². The zero-order valence-corrected chi connectivity index (χ0v) is 7.08. The van der Waals surface area contributed by atoms with Crippen molar-refractivity contribution >= 4 is 40.0 Å². The molecule has 0 aliphatic rings. The van der Waals surface area contributed by atoms with Crippen molar-refractivity contribution in [3.63, 3.8) is 0 Å². The standard InChI is InChI=1S/C2H5.BrH.ClH.Mg/c1-2;;;/h1H2,2H3;2*1H;/q-1;;;+2/p-1. The summed E-state index contributed by atoms with van der Waals surface area (Å²) in [7, 11) is 0. The molecule has 0 nitrogen and oxygen atoms in total. The van der Waals surface area contributed by atoms with Gasteiger partial charge in [0.2, 0.25) is 0 Å². The van der Waals surface area contributed by atoms with Crippen molar-refractivity contribution in [1.29, 1.82) is 0 Å². The van der Waals surface area contributed by atoms with Gasteiger partial charge in [-0.1, -0.05) is 0 Å². The van der Waals surface area contributed by atoms with Crippen LogP contribution in [0.5, 0.6) is 0 Å². The third-order valence-electron chi connectivity index (χ3n) is 0. The molecule has 0 spiro atoms. The Morgan fingerprint density at radius 3 is 1.20 bits per heavy atom. The van der Waals surface area contributed by atoms with Crippen LogP contribution in [-0.2, 0) is 0 Å². The summed E-state index contributed by atoms with van der Waals surface area (Å²) >= 11 is 0. The zero-order chi connectivity index (χ0) is 2.00. The number of hydrogen-bond acceptors (Lipinski definition) is 0. The SMILES string of the molecule is Br.[CH2-]C.[Cl-].[Mg+2]. The molecule has 0 fully saturated rings. The van der Waals surface area contributed by atoms with Gasteiger partial charge in [0.25, 0.3) is 0 Å². The summed E-state index contributed by atoms with van der Waals surface area (Å²) in [5.41, 5.74) is 0. The van der Waals surface area contributed by atoms with Crippen LogP contribution in [0.15, 0.2) is 0 Å². The van der Waals surface area contributed by atoms with Gasteiger partial charge in [0.1, 0.15) is 0 Å². The third kappa shape index (κ3) is 29.3. The molecule has 0 saturated carbocycles. The van der Waals surface area contributed by atoms with E-state index in [-0.39, 0.29) is 52.4 Å². The van der Waals surface area contributed by atoms with Crippen molar-refractivity contribution in [3.8, 4) is 0 Å². The Morgan fingerprint density at radius 2 is 1.20 bits per heavy atom. The molecular formula is C2H6BrClMg. The fourth-order valence-corrected chi connectivity index (χ4v) is 0. The van der Waals surface area contributed by atoms with Crippen molar-refractivity contribution in [3.05, 3.63) is 6.92 Å². The van der Waals surface area contributed by atoms with Gasteiger partial charge in [0.05, 0.1) is 0 Å². The molecule has 0 bridgehead atoms. The second-order valence-corrected chi connectivity index (χ2v) is 0. The Kier molecular flexibility index (Phi) is 301. The predicted octanol–water partition coefficient (Wildman–Crippen LogP) is -1.96. The minimum Gasteiger partial charge on any atom is -1.00 e. The zero-order valence-electron chi connectivity index (χ0n) is 3.20. The normalized spacial score (nSPS) is 1.20. The molecule has 0 saturated heterocycles. The smallest absolute Gasteiger partial charge is 1.00 e. The Bertz CT molecular complexity index is 9.61. The maximum Gasteiger partial charge on any atom is 2.00 e. The third-order valence-corrected chi connectivity index (χ3v) is 0. The van der Waals surface area contributed by atoms with E-state index in [2.05, 4.69) is 6.92 Å². The monoisotopic (exact) mass is 168 g/mol. The Balaban J connectivity index is -0.00000000167. The largest absolute Gasteiger partial charge is 2.00 e. The second kappa shape index (κ2) is 48.3. The molecule has 0 amide bonds. The fourth-order valence-electron chi connectivity index (χ4n) is 0. The minimum atomic E-state index is 0. The predicted molar refractivity (Wildman–Crippen MR) is 27.1 cm³/mol. The van der Waals surface area contributed by atoms with Gasteiger partial charge in [-0.2, -0.15) is 6.92 Å². The molecule has 0 aromatic heterocycles. The molecule has 5 heavy (non-hydrogen) atoms. The Morgan fingerprint density at radius 1 is 1.20 bits per heavy atom. The molecule has 30 valence electrons. The molecule has 0 unspecified atom stereocenters. The van der Waals surface area contributed by atoms with Crippen LogP contribution in [0, 0.1) is 6.92 Å². The van der Waals surface area contributed by atoms with Gasteiger partial charge in [-0.05, 0) is 0 Å². The number of hydrogen-bond donors (Lipinski definition) is 0. The molecule has 3 heteroatoms. The first-order chi connectivity index (χ1) is 1.00. The van der Waals surface area contributed by atoms with Crippen LogP contribution in [0.4, 0.5) is 0 Å². The van der Waals surface area contributed by atoms with Crippen molar-refractivity contribution in [2.45, 2.75) is 6.92 Å². The number of rotatable bonds is 0. The van der Waals surface area contributed by atoms with E-state index >= 15 is 0 Å². The van der Waals surface area contributed by atoms with Gasteiger partial charge in [-0.25, -0.2) is 0 Å². The molecule has 0 aromatic carbocycles. The van der Waals surface area contributed by atoms with E-state index in [9.17, 15) is 0 Å². The molecule has 0 atom stereocenters. The van der Waals surface area contributed by atoms with Gasteiger partial charge in [-0.3, -0.25) is 0 Å². The van der Waals surface area contributed by atoms with Gasteiger partial charge in [0, 0.05) is 0 Å². The van der Waals surface area contributed by atoms with E-state index < -0.39 is 0 Å². The second-order valence-electron chi connectivity index (χ2n) is 0. The summed E-state index contributed by atoms with van der Waals surface area (Å²) in [5, 5.41) is 0. The Hall–Kier alpha value is 1.54. The summed E-state index contributed by atoms with van der Waals surface area (Å²) in [6, 6.07) is 0. The van der Waals surface area contributed by atoms with Crippen molar-refractivity contribution in [2.75, 3.05) is 0 Å². The van der Waals surface area contributed by atoms with Crippen LogP contribution < -0.4 is 12.4 Å². The molecule has 0 aliphatic heterocycles. The first-order valence-corrected chi connectivity index (χ1v) is 0.707. The van der Waals surface area contributed by atoms with E-state index in [1.807, 2.05) is 0 Å². The fraction of sp³-hybridized carbons (Fsp3) is 0.500. The average Bonchev–Trinajstić information content (AvgIpc) is 1.00. The molecule has 0 heterocycles. The topological polar surface area (TPSA) is 0 Å². The summed E-state index contributed by atoms with van der Waals surface area (Å²) in [6.45, 7) is 5.00. The van der Waals surface area contributed by atoms with Crippen molar-refractivity contribution < 1.29 is 12.4 Å². The maximum atomic E-state index is 3.25. The van der Waals surface area contributed by atoms with Gasteiger partial charge < -0.3 is 19.3 Å². The van der Waals surface area contributed by atoms with Gasteiger partial charge in [0.15, 0.2) is 0 Å². The molecular weight excluding hydrogens is 164 g/mol. The average molecular weight is 170 g/mol. The molecule has 0 aliphatic carbocycles. The molecule has 0 N–H and O–H groups in total. The summed E-state index contributed by atoms with van der Waals surface area (Å²) < 4.78 is 0. The van der Waals surface area contributed by atoms with Crippen LogP contribution >= 0.6 is 17.0 Å². The van der Waals surface area contributed by atoms with E-state index in [1.165, 1.54) is 0 Å². The van der Waals surface area contributed by atoms with Crippen LogP contribution in [0.25, 0.3) is 0 Å². The van der Waals surface area contributed by atoms with Crippen molar-refractivity contribution in [2.24, 2.45) is 0 Å². The first-order valence-electron chi connectivity index (χ1n) is 0.707.